The Hall–Kier alpha value is -3.03. The smallest absolute Gasteiger partial charge is 0.417 e. The molecule has 0 aromatic heterocycles. The molecule has 158 valence electrons. The number of rotatable bonds is 8. The van der Waals surface area contributed by atoms with Gasteiger partial charge in [-0.1, -0.05) is 48.5 Å². The monoisotopic (exact) mass is 409 g/mol. The largest absolute Gasteiger partial charge is 0.452 e. The van der Waals surface area contributed by atoms with Gasteiger partial charge in [-0.15, -0.1) is 0 Å². The van der Waals surface area contributed by atoms with Crippen LogP contribution in [0.2, 0.25) is 0 Å². The Morgan fingerprint density at radius 2 is 1.60 bits per heavy atom. The summed E-state index contributed by atoms with van der Waals surface area (Å²) in [4.78, 5) is 39.4. The topological polar surface area (TPSA) is 116 Å². The Morgan fingerprint density at radius 1 is 1.03 bits per heavy atom. The summed E-state index contributed by atoms with van der Waals surface area (Å²) in [6.45, 7) is 0.0213. The van der Waals surface area contributed by atoms with Gasteiger partial charge >= 0.3 is 6.09 Å². The molecule has 2 amide bonds. The molecule has 1 aliphatic rings. The van der Waals surface area contributed by atoms with Gasteiger partial charge in [0.25, 0.3) is 0 Å². The fourth-order valence-corrected chi connectivity index (χ4v) is 4.50. The minimum Gasteiger partial charge on any atom is -0.452 e. The highest BCUT2D eigenvalue weighted by Crippen LogP contribution is 2.52. The minimum atomic E-state index is -1.48. The Balaban J connectivity index is 2.28. The molecule has 0 saturated carbocycles. The first-order valence-corrected chi connectivity index (χ1v) is 10.0. The maximum absolute atomic E-state index is 12.8. The van der Waals surface area contributed by atoms with Crippen molar-refractivity contribution in [2.24, 2.45) is 11.5 Å². The number of hydrogen-bond acceptors (Lipinski definition) is 6. The fraction of sp³-hybridized carbons (Fsp3) is 0.348. The lowest BCUT2D eigenvalue weighted by Gasteiger charge is -2.42. The summed E-state index contributed by atoms with van der Waals surface area (Å²) < 4.78 is 4.91. The van der Waals surface area contributed by atoms with Crippen molar-refractivity contribution in [3.05, 3.63) is 59.7 Å². The number of benzene rings is 2. The van der Waals surface area contributed by atoms with Crippen LogP contribution in [0.4, 0.5) is 4.79 Å². The Morgan fingerprint density at radius 3 is 2.07 bits per heavy atom. The van der Waals surface area contributed by atoms with E-state index in [1.54, 1.807) is 0 Å². The molecule has 7 heteroatoms. The number of nitrogens with zero attached hydrogens (tertiary/aromatic N) is 1. The quantitative estimate of drug-likeness (QED) is 0.511. The van der Waals surface area contributed by atoms with E-state index in [1.807, 2.05) is 48.5 Å². The van der Waals surface area contributed by atoms with Crippen molar-refractivity contribution in [3.63, 3.8) is 0 Å². The van der Waals surface area contributed by atoms with Crippen molar-refractivity contribution in [1.29, 1.82) is 0 Å². The third-order valence-electron chi connectivity index (χ3n) is 5.77. The zero-order chi connectivity index (χ0) is 21.7. The first kappa shape index (κ1) is 21.7. The number of unbranched alkanes of at least 4 members (excludes halogenated alkanes) is 1. The maximum Gasteiger partial charge on any atom is 0.417 e. The molecular formula is C23H27N3O4. The van der Waals surface area contributed by atoms with E-state index >= 15 is 0 Å². The van der Waals surface area contributed by atoms with Gasteiger partial charge in [-0.05, 0) is 48.1 Å². The SMILES string of the molecule is COC(=O)N(C(=O)CN)[C@](C=O)(CCCCN)C1c2ccccc2-c2ccccc21. The molecule has 2 aromatic rings. The van der Waals surface area contributed by atoms with Crippen molar-refractivity contribution >= 4 is 18.3 Å². The summed E-state index contributed by atoms with van der Waals surface area (Å²) in [5.74, 6) is -1.20. The summed E-state index contributed by atoms with van der Waals surface area (Å²) in [7, 11) is 1.19. The van der Waals surface area contributed by atoms with Gasteiger partial charge in [0.1, 0.15) is 11.8 Å². The lowest BCUT2D eigenvalue weighted by atomic mass is 9.74. The first-order chi connectivity index (χ1) is 14.6. The number of carbonyl (C=O) groups is 3. The number of hydrogen-bond donors (Lipinski definition) is 2. The van der Waals surface area contributed by atoms with Crippen molar-refractivity contribution in [1.82, 2.24) is 4.90 Å². The predicted molar refractivity (Wildman–Crippen MR) is 114 cm³/mol. The molecule has 0 aliphatic heterocycles. The van der Waals surface area contributed by atoms with E-state index in [-0.39, 0.29) is 6.42 Å². The number of carbonyl (C=O) groups excluding carboxylic acids is 3. The van der Waals surface area contributed by atoms with Crippen LogP contribution in [0.5, 0.6) is 0 Å². The molecule has 1 atom stereocenters. The molecule has 4 N–H and O–H groups in total. The third-order valence-corrected chi connectivity index (χ3v) is 5.77. The molecule has 0 bridgehead atoms. The first-order valence-electron chi connectivity index (χ1n) is 10.0. The van der Waals surface area contributed by atoms with Gasteiger partial charge < -0.3 is 21.0 Å². The molecule has 0 saturated heterocycles. The van der Waals surface area contributed by atoms with Gasteiger partial charge in [-0.3, -0.25) is 4.79 Å². The van der Waals surface area contributed by atoms with Crippen LogP contribution in [-0.4, -0.2) is 48.9 Å². The van der Waals surface area contributed by atoms with Gasteiger partial charge in [0.2, 0.25) is 5.91 Å². The molecule has 0 fully saturated rings. The van der Waals surface area contributed by atoms with E-state index in [0.29, 0.717) is 25.7 Å². The molecule has 0 heterocycles. The second-order valence-electron chi connectivity index (χ2n) is 7.37. The summed E-state index contributed by atoms with van der Waals surface area (Å²) in [5.41, 5.74) is 13.5. The van der Waals surface area contributed by atoms with Gasteiger partial charge in [0, 0.05) is 5.92 Å². The number of imide groups is 1. The van der Waals surface area contributed by atoms with Crippen LogP contribution in [0.3, 0.4) is 0 Å². The molecule has 3 rings (SSSR count). The van der Waals surface area contributed by atoms with E-state index in [0.717, 1.165) is 27.2 Å². The van der Waals surface area contributed by atoms with Crippen molar-refractivity contribution < 1.29 is 19.1 Å². The van der Waals surface area contributed by atoms with Crippen molar-refractivity contribution in [2.75, 3.05) is 20.2 Å². The third kappa shape index (κ3) is 3.51. The van der Waals surface area contributed by atoms with Crippen LogP contribution < -0.4 is 11.5 Å². The van der Waals surface area contributed by atoms with Crippen LogP contribution in [0.15, 0.2) is 48.5 Å². The zero-order valence-corrected chi connectivity index (χ0v) is 17.0. The van der Waals surface area contributed by atoms with Gasteiger partial charge in [0.15, 0.2) is 0 Å². The maximum atomic E-state index is 12.8. The summed E-state index contributed by atoms with van der Waals surface area (Å²) in [5, 5.41) is 0. The lowest BCUT2D eigenvalue weighted by molar-refractivity contribution is -0.139. The summed E-state index contributed by atoms with van der Waals surface area (Å²) in [6, 6.07) is 15.5. The Kier molecular flexibility index (Phi) is 6.64. The fourth-order valence-electron chi connectivity index (χ4n) is 4.50. The molecule has 1 aliphatic carbocycles. The highest BCUT2D eigenvalue weighted by Gasteiger charge is 2.53. The zero-order valence-electron chi connectivity index (χ0n) is 17.0. The lowest BCUT2D eigenvalue weighted by Crippen LogP contribution is -2.60. The van der Waals surface area contributed by atoms with E-state index in [1.165, 1.54) is 7.11 Å². The number of methoxy groups -OCH3 is 1. The van der Waals surface area contributed by atoms with Crippen LogP contribution in [0.25, 0.3) is 11.1 Å². The molecule has 30 heavy (non-hydrogen) atoms. The summed E-state index contributed by atoms with van der Waals surface area (Å²) in [6.07, 6.45) is 1.27. The second kappa shape index (κ2) is 9.19. The van der Waals surface area contributed by atoms with Gasteiger partial charge in [0.05, 0.1) is 13.7 Å². The molecule has 2 aromatic carbocycles. The molecule has 0 radical (unpaired) electrons. The standard InChI is InChI=1S/C23H27N3O4/c1-30-22(29)26(20(28)14-25)23(15-27,12-6-7-13-24)21-18-10-4-2-8-16(18)17-9-3-5-11-19(17)21/h2-5,8-11,15,21H,6-7,12-14,24-25H2,1H3/t23-/m0/s1. The number of amides is 2. The normalized spacial score (nSPS) is 14.4. The van der Waals surface area contributed by atoms with Gasteiger partial charge in [-0.25, -0.2) is 9.69 Å². The summed E-state index contributed by atoms with van der Waals surface area (Å²) >= 11 is 0. The Bertz CT molecular complexity index is 884. The molecule has 7 nitrogen and oxygen atoms in total. The average Bonchev–Trinajstić information content (AvgIpc) is 3.13. The average molecular weight is 409 g/mol. The van der Waals surface area contributed by atoms with Crippen LogP contribution >= 0.6 is 0 Å². The van der Waals surface area contributed by atoms with Crippen LogP contribution in [0, 0.1) is 0 Å². The Labute approximate surface area is 176 Å². The molecular weight excluding hydrogens is 382 g/mol. The second-order valence-corrected chi connectivity index (χ2v) is 7.37. The van der Waals surface area contributed by atoms with Crippen molar-refractivity contribution in [2.45, 2.75) is 30.7 Å². The number of fused-ring (bicyclic) bond motifs is 3. The molecule has 0 unspecified atom stereocenters. The van der Waals surface area contributed by atoms with E-state index in [2.05, 4.69) is 0 Å². The highest BCUT2D eigenvalue weighted by atomic mass is 16.5. The predicted octanol–water partition coefficient (Wildman–Crippen LogP) is 2.42. The van der Waals surface area contributed by atoms with Crippen molar-refractivity contribution in [3.8, 4) is 11.1 Å². The molecule has 0 spiro atoms. The number of aldehydes is 1. The van der Waals surface area contributed by atoms with E-state index in [4.69, 9.17) is 16.2 Å². The van der Waals surface area contributed by atoms with E-state index < -0.39 is 30.0 Å². The van der Waals surface area contributed by atoms with Gasteiger partial charge in [-0.2, -0.15) is 0 Å². The minimum absolute atomic E-state index is 0.252. The van der Waals surface area contributed by atoms with Crippen LogP contribution in [-0.2, 0) is 14.3 Å². The van der Waals surface area contributed by atoms with Crippen LogP contribution in [0.1, 0.15) is 36.3 Å². The van der Waals surface area contributed by atoms with E-state index in [9.17, 15) is 14.4 Å². The highest BCUT2D eigenvalue weighted by molar-refractivity contribution is 5.98. The number of ether oxygens (including phenoxy) is 1. The number of nitrogens with two attached hydrogens (primary N) is 2.